The van der Waals surface area contributed by atoms with E-state index in [9.17, 15) is 0 Å². The van der Waals surface area contributed by atoms with Gasteiger partial charge in [0.2, 0.25) is 0 Å². The highest BCUT2D eigenvalue weighted by Crippen LogP contribution is 2.19. The van der Waals surface area contributed by atoms with E-state index >= 15 is 0 Å². The molecule has 0 spiro atoms. The van der Waals surface area contributed by atoms with E-state index in [0.717, 1.165) is 30.2 Å². The van der Waals surface area contributed by atoms with Gasteiger partial charge in [-0.05, 0) is 19.8 Å². The molecule has 1 saturated carbocycles. The first-order valence-electron chi connectivity index (χ1n) is 6.05. The third-order valence-corrected chi connectivity index (χ3v) is 2.72. The number of hydrogen-bond acceptors (Lipinski definition) is 4. The lowest BCUT2D eigenvalue weighted by Gasteiger charge is -2.18. The van der Waals surface area contributed by atoms with Crippen molar-refractivity contribution >= 4 is 5.82 Å². The van der Waals surface area contributed by atoms with Crippen molar-refractivity contribution in [2.75, 3.05) is 18.5 Å². The Morgan fingerprint density at radius 2 is 2.29 bits per heavy atom. The smallest absolute Gasteiger partial charge is 0.147 e. The summed E-state index contributed by atoms with van der Waals surface area (Å²) in [6, 6.07) is 0.702. The lowest BCUT2D eigenvalue weighted by Crippen LogP contribution is -2.22. The van der Waals surface area contributed by atoms with Crippen molar-refractivity contribution in [1.82, 2.24) is 15.3 Å². The van der Waals surface area contributed by atoms with Gasteiger partial charge in [0.15, 0.2) is 0 Å². The van der Waals surface area contributed by atoms with Gasteiger partial charge in [0, 0.05) is 32.4 Å². The molecule has 1 aliphatic rings. The maximum Gasteiger partial charge on any atom is 0.147 e. The lowest BCUT2D eigenvalue weighted by atomic mass is 10.3. The van der Waals surface area contributed by atoms with Crippen LogP contribution in [0.3, 0.4) is 0 Å². The van der Waals surface area contributed by atoms with Crippen LogP contribution >= 0.6 is 0 Å². The van der Waals surface area contributed by atoms with Crippen LogP contribution in [0.15, 0.2) is 24.5 Å². The van der Waals surface area contributed by atoms with Gasteiger partial charge in [0.1, 0.15) is 5.82 Å². The highest BCUT2D eigenvalue weighted by molar-refractivity contribution is 5.36. The SMILES string of the molecule is C=C(C)CN(C)c1cncc(CNC2CC2)n1. The molecule has 0 radical (unpaired) electrons. The molecule has 0 atom stereocenters. The average Bonchev–Trinajstić information content (AvgIpc) is 3.10. The zero-order valence-corrected chi connectivity index (χ0v) is 10.6. The molecule has 0 saturated heterocycles. The van der Waals surface area contributed by atoms with Crippen molar-refractivity contribution in [2.24, 2.45) is 0 Å². The van der Waals surface area contributed by atoms with Gasteiger partial charge in [-0.25, -0.2) is 4.98 Å². The summed E-state index contributed by atoms with van der Waals surface area (Å²) in [5.41, 5.74) is 2.12. The van der Waals surface area contributed by atoms with Gasteiger partial charge in [0.05, 0.1) is 11.9 Å². The largest absolute Gasteiger partial charge is 0.354 e. The topological polar surface area (TPSA) is 41.1 Å². The second-order valence-corrected chi connectivity index (χ2v) is 4.84. The normalized spacial score (nSPS) is 14.7. The summed E-state index contributed by atoms with van der Waals surface area (Å²) in [5, 5.41) is 3.44. The van der Waals surface area contributed by atoms with Crippen LogP contribution in [0.5, 0.6) is 0 Å². The summed E-state index contributed by atoms with van der Waals surface area (Å²) in [5.74, 6) is 0.906. The maximum absolute atomic E-state index is 4.59. The van der Waals surface area contributed by atoms with Gasteiger partial charge in [-0.2, -0.15) is 0 Å². The average molecular weight is 232 g/mol. The highest BCUT2D eigenvalue weighted by atomic mass is 15.2. The summed E-state index contributed by atoms with van der Waals surface area (Å²) in [6.07, 6.45) is 6.21. The monoisotopic (exact) mass is 232 g/mol. The predicted molar refractivity (Wildman–Crippen MR) is 70.0 cm³/mol. The molecule has 1 aliphatic carbocycles. The summed E-state index contributed by atoms with van der Waals surface area (Å²) in [4.78, 5) is 10.9. The molecule has 0 amide bonds. The zero-order chi connectivity index (χ0) is 12.3. The van der Waals surface area contributed by atoms with Crippen LogP contribution in [-0.2, 0) is 6.54 Å². The molecule has 1 fully saturated rings. The summed E-state index contributed by atoms with van der Waals surface area (Å²) in [7, 11) is 2.01. The Balaban J connectivity index is 1.96. The number of likely N-dealkylation sites (N-methyl/N-ethyl adjacent to an activating group) is 1. The predicted octanol–water partition coefficient (Wildman–Crippen LogP) is 1.74. The van der Waals surface area contributed by atoms with E-state index in [1.165, 1.54) is 12.8 Å². The van der Waals surface area contributed by atoms with E-state index in [1.807, 2.05) is 20.2 Å². The molecule has 1 heterocycles. The minimum absolute atomic E-state index is 0.702. The minimum atomic E-state index is 0.702. The number of anilines is 1. The zero-order valence-electron chi connectivity index (χ0n) is 10.6. The Kier molecular flexibility index (Phi) is 3.74. The van der Waals surface area contributed by atoms with Gasteiger partial charge < -0.3 is 10.2 Å². The molecule has 1 aromatic heterocycles. The van der Waals surface area contributed by atoms with Crippen molar-refractivity contribution in [3.8, 4) is 0 Å². The van der Waals surface area contributed by atoms with Crippen molar-refractivity contribution in [3.63, 3.8) is 0 Å². The van der Waals surface area contributed by atoms with E-state index in [4.69, 9.17) is 0 Å². The Morgan fingerprint density at radius 1 is 1.53 bits per heavy atom. The van der Waals surface area contributed by atoms with Crippen molar-refractivity contribution < 1.29 is 0 Å². The van der Waals surface area contributed by atoms with E-state index < -0.39 is 0 Å². The number of nitrogens with one attached hydrogen (secondary N) is 1. The fourth-order valence-corrected chi connectivity index (χ4v) is 1.69. The van der Waals surface area contributed by atoms with Gasteiger partial charge >= 0.3 is 0 Å². The van der Waals surface area contributed by atoms with Crippen LogP contribution in [0.2, 0.25) is 0 Å². The summed E-state index contributed by atoms with van der Waals surface area (Å²) >= 11 is 0. The van der Waals surface area contributed by atoms with E-state index in [1.54, 1.807) is 6.20 Å². The number of aromatic nitrogens is 2. The van der Waals surface area contributed by atoms with E-state index in [-0.39, 0.29) is 0 Å². The fraction of sp³-hybridized carbons (Fsp3) is 0.538. The second kappa shape index (κ2) is 5.27. The van der Waals surface area contributed by atoms with Crippen LogP contribution < -0.4 is 10.2 Å². The van der Waals surface area contributed by atoms with Crippen molar-refractivity contribution in [2.45, 2.75) is 32.4 Å². The fourth-order valence-electron chi connectivity index (χ4n) is 1.69. The molecule has 92 valence electrons. The van der Waals surface area contributed by atoms with Crippen LogP contribution in [0.4, 0.5) is 5.82 Å². The first-order valence-corrected chi connectivity index (χ1v) is 6.05. The molecule has 0 aromatic carbocycles. The molecule has 4 heteroatoms. The van der Waals surface area contributed by atoms with Gasteiger partial charge in [-0.15, -0.1) is 0 Å². The quantitative estimate of drug-likeness (QED) is 0.759. The van der Waals surface area contributed by atoms with Crippen molar-refractivity contribution in [1.29, 1.82) is 0 Å². The molecule has 17 heavy (non-hydrogen) atoms. The number of rotatable bonds is 6. The standard InChI is InChI=1S/C13H20N4/c1-10(2)9-17(3)13-8-14-6-12(16-13)7-15-11-4-5-11/h6,8,11,15H,1,4-5,7,9H2,2-3H3. The second-order valence-electron chi connectivity index (χ2n) is 4.84. The first kappa shape index (κ1) is 12.0. The molecule has 0 aliphatic heterocycles. The third-order valence-electron chi connectivity index (χ3n) is 2.72. The van der Waals surface area contributed by atoms with Gasteiger partial charge in [0.25, 0.3) is 0 Å². The van der Waals surface area contributed by atoms with Crippen LogP contribution in [-0.4, -0.2) is 29.6 Å². The Labute approximate surface area is 103 Å². The first-order chi connectivity index (χ1) is 8.15. The molecule has 0 unspecified atom stereocenters. The molecule has 4 nitrogen and oxygen atoms in total. The van der Waals surface area contributed by atoms with Crippen LogP contribution in [0.25, 0.3) is 0 Å². The molecule has 2 rings (SSSR count). The minimum Gasteiger partial charge on any atom is -0.354 e. The van der Waals surface area contributed by atoms with Crippen molar-refractivity contribution in [3.05, 3.63) is 30.2 Å². The molecule has 1 N–H and O–H groups in total. The van der Waals surface area contributed by atoms with Gasteiger partial charge in [-0.3, -0.25) is 4.98 Å². The third kappa shape index (κ3) is 3.82. The Bertz CT molecular complexity index is 398. The summed E-state index contributed by atoms with van der Waals surface area (Å²) < 4.78 is 0. The van der Waals surface area contributed by atoms with E-state index in [2.05, 4.69) is 26.8 Å². The van der Waals surface area contributed by atoms with Crippen LogP contribution in [0, 0.1) is 0 Å². The Morgan fingerprint density at radius 3 is 2.94 bits per heavy atom. The van der Waals surface area contributed by atoms with E-state index in [0.29, 0.717) is 6.04 Å². The van der Waals surface area contributed by atoms with Crippen LogP contribution in [0.1, 0.15) is 25.5 Å². The number of nitrogens with zero attached hydrogens (tertiary/aromatic N) is 3. The summed E-state index contributed by atoms with van der Waals surface area (Å²) in [6.45, 7) is 7.55. The highest BCUT2D eigenvalue weighted by Gasteiger charge is 2.20. The molecule has 1 aromatic rings. The molecular formula is C13H20N4. The Hall–Kier alpha value is -1.42. The molecule has 0 bridgehead atoms. The lowest BCUT2D eigenvalue weighted by molar-refractivity contribution is 0.670. The molecular weight excluding hydrogens is 212 g/mol. The maximum atomic E-state index is 4.59. The van der Waals surface area contributed by atoms with Gasteiger partial charge in [-0.1, -0.05) is 12.2 Å². The number of hydrogen-bond donors (Lipinski definition) is 1.